The molecule has 2 N–H and O–H groups in total. The molecule has 1 aromatic carbocycles. The summed E-state index contributed by atoms with van der Waals surface area (Å²) in [6, 6.07) is 8.65. The molecule has 2 aromatic heterocycles. The van der Waals surface area contributed by atoms with E-state index in [0.29, 0.717) is 29.7 Å². The number of fused-ring (bicyclic) bond motifs is 1. The number of nitrogens with one attached hydrogen (secondary N) is 2. The number of carbonyl (C=O) groups excluding carboxylic acids is 1. The van der Waals surface area contributed by atoms with Gasteiger partial charge in [0, 0.05) is 29.5 Å². The lowest BCUT2D eigenvalue weighted by Crippen LogP contribution is -2.25. The first-order chi connectivity index (χ1) is 15.0. The molecule has 0 saturated carbocycles. The molecule has 0 unspecified atom stereocenters. The van der Waals surface area contributed by atoms with E-state index >= 15 is 0 Å². The number of ether oxygens (including phenoxy) is 2. The van der Waals surface area contributed by atoms with Crippen LogP contribution in [0.15, 0.2) is 35.1 Å². The Kier molecular flexibility index (Phi) is 5.75. The van der Waals surface area contributed by atoms with Crippen molar-refractivity contribution < 1.29 is 14.3 Å². The summed E-state index contributed by atoms with van der Waals surface area (Å²) in [4.78, 5) is 24.1. The predicted octanol–water partition coefficient (Wildman–Crippen LogP) is 2.93. The largest absolute Gasteiger partial charge is 0.493 e. The number of aromatic nitrogens is 4. The maximum atomic E-state index is 12.7. The number of nitrogens with zero attached hydrogens (tertiary/aromatic N) is 3. The van der Waals surface area contributed by atoms with Gasteiger partial charge in [-0.05, 0) is 25.5 Å². The van der Waals surface area contributed by atoms with Gasteiger partial charge >= 0.3 is 0 Å². The van der Waals surface area contributed by atoms with Crippen LogP contribution in [0.4, 0.5) is 5.82 Å². The Morgan fingerprint density at radius 2 is 2.06 bits per heavy atom. The van der Waals surface area contributed by atoms with Crippen molar-refractivity contribution in [1.82, 2.24) is 20.0 Å². The summed E-state index contributed by atoms with van der Waals surface area (Å²) in [5, 5.41) is 14.0. The van der Waals surface area contributed by atoms with Gasteiger partial charge in [0.25, 0.3) is 5.56 Å². The van der Waals surface area contributed by atoms with Crippen molar-refractivity contribution in [2.75, 3.05) is 19.0 Å². The molecule has 1 atom stereocenters. The van der Waals surface area contributed by atoms with E-state index in [9.17, 15) is 9.59 Å². The van der Waals surface area contributed by atoms with E-state index in [1.165, 1.54) is 6.07 Å². The number of rotatable bonds is 7. The SMILES string of the molecule is CCCCOc1c(OC)cccc1[C@@H]1CC(=O)Nc2c1c(C)nn2-c1ccc(=O)[nH]n1. The third-order valence-electron chi connectivity index (χ3n) is 5.33. The summed E-state index contributed by atoms with van der Waals surface area (Å²) in [7, 11) is 1.61. The van der Waals surface area contributed by atoms with Gasteiger partial charge in [-0.3, -0.25) is 9.59 Å². The van der Waals surface area contributed by atoms with Crippen LogP contribution < -0.4 is 20.3 Å². The fourth-order valence-electron chi connectivity index (χ4n) is 3.87. The highest BCUT2D eigenvalue weighted by Crippen LogP contribution is 2.45. The average molecular weight is 423 g/mol. The van der Waals surface area contributed by atoms with Gasteiger partial charge in [0.1, 0.15) is 5.82 Å². The molecule has 162 valence electrons. The molecule has 9 heteroatoms. The van der Waals surface area contributed by atoms with Gasteiger partial charge < -0.3 is 14.8 Å². The quantitative estimate of drug-likeness (QED) is 0.565. The van der Waals surface area contributed by atoms with E-state index in [2.05, 4.69) is 27.5 Å². The Morgan fingerprint density at radius 1 is 1.23 bits per heavy atom. The summed E-state index contributed by atoms with van der Waals surface area (Å²) in [6.07, 6.45) is 2.19. The number of hydrogen-bond acceptors (Lipinski definition) is 6. The number of unbranched alkanes of at least 4 members (excludes halogenated alkanes) is 1. The van der Waals surface area contributed by atoms with Crippen LogP contribution in [0.1, 0.15) is 48.9 Å². The number of benzene rings is 1. The molecule has 1 aliphatic heterocycles. The molecule has 0 spiro atoms. The monoisotopic (exact) mass is 423 g/mol. The minimum atomic E-state index is -0.311. The van der Waals surface area contributed by atoms with Gasteiger partial charge in [-0.2, -0.15) is 14.9 Å². The Hall–Kier alpha value is -3.62. The van der Waals surface area contributed by atoms with Crippen molar-refractivity contribution in [2.24, 2.45) is 0 Å². The lowest BCUT2D eigenvalue weighted by atomic mass is 9.85. The zero-order valence-electron chi connectivity index (χ0n) is 17.8. The van der Waals surface area contributed by atoms with Crippen molar-refractivity contribution in [3.05, 3.63) is 57.5 Å². The predicted molar refractivity (Wildman–Crippen MR) is 115 cm³/mol. The number of aromatic amines is 1. The number of methoxy groups -OCH3 is 1. The highest BCUT2D eigenvalue weighted by atomic mass is 16.5. The van der Waals surface area contributed by atoms with Crippen LogP contribution >= 0.6 is 0 Å². The minimum Gasteiger partial charge on any atom is -0.493 e. The lowest BCUT2D eigenvalue weighted by molar-refractivity contribution is -0.116. The molecule has 3 heterocycles. The lowest BCUT2D eigenvalue weighted by Gasteiger charge is -2.26. The average Bonchev–Trinajstić information content (AvgIpc) is 3.10. The van der Waals surface area contributed by atoms with Gasteiger partial charge in [-0.1, -0.05) is 25.5 Å². The molecular formula is C22H25N5O4. The molecule has 0 saturated heterocycles. The first-order valence-corrected chi connectivity index (χ1v) is 10.3. The fraction of sp³-hybridized carbons (Fsp3) is 0.364. The topological polar surface area (TPSA) is 111 Å². The number of amides is 1. The second-order valence-electron chi connectivity index (χ2n) is 7.42. The van der Waals surface area contributed by atoms with Crippen LogP contribution in [0, 0.1) is 6.92 Å². The number of H-pyrrole nitrogens is 1. The van der Waals surface area contributed by atoms with Crippen molar-refractivity contribution in [1.29, 1.82) is 0 Å². The number of aryl methyl sites for hydroxylation is 1. The number of hydrogen-bond donors (Lipinski definition) is 2. The van der Waals surface area contributed by atoms with Crippen LogP contribution in [0.25, 0.3) is 5.82 Å². The molecule has 0 aliphatic carbocycles. The molecule has 31 heavy (non-hydrogen) atoms. The molecule has 0 fully saturated rings. The van der Waals surface area contributed by atoms with E-state index in [1.54, 1.807) is 17.9 Å². The minimum absolute atomic E-state index is 0.134. The molecule has 0 radical (unpaired) electrons. The number of anilines is 1. The molecule has 1 amide bonds. The Morgan fingerprint density at radius 3 is 2.77 bits per heavy atom. The van der Waals surface area contributed by atoms with Gasteiger partial charge in [-0.15, -0.1) is 0 Å². The van der Waals surface area contributed by atoms with E-state index in [-0.39, 0.29) is 23.8 Å². The van der Waals surface area contributed by atoms with Gasteiger partial charge in [0.2, 0.25) is 5.91 Å². The first-order valence-electron chi connectivity index (χ1n) is 10.3. The summed E-state index contributed by atoms with van der Waals surface area (Å²) in [5.41, 5.74) is 2.22. The van der Waals surface area contributed by atoms with Crippen LogP contribution in [0.3, 0.4) is 0 Å². The second kappa shape index (κ2) is 8.63. The van der Waals surface area contributed by atoms with E-state index in [1.807, 2.05) is 25.1 Å². The van der Waals surface area contributed by atoms with E-state index in [0.717, 1.165) is 29.7 Å². The van der Waals surface area contributed by atoms with Gasteiger partial charge in [-0.25, -0.2) is 5.10 Å². The van der Waals surface area contributed by atoms with Gasteiger partial charge in [0.05, 0.1) is 19.4 Å². The summed E-state index contributed by atoms with van der Waals surface area (Å²) < 4.78 is 13.2. The van der Waals surface area contributed by atoms with Crippen LogP contribution in [0.5, 0.6) is 11.5 Å². The normalized spacial score (nSPS) is 15.3. The van der Waals surface area contributed by atoms with Crippen molar-refractivity contribution >= 4 is 11.7 Å². The first kappa shape index (κ1) is 20.6. The zero-order valence-corrected chi connectivity index (χ0v) is 17.8. The van der Waals surface area contributed by atoms with Crippen molar-refractivity contribution in [3.63, 3.8) is 0 Å². The maximum Gasteiger partial charge on any atom is 0.264 e. The molecule has 4 rings (SSSR count). The molecule has 0 bridgehead atoms. The standard InChI is InChI=1S/C22H25N5O4/c1-4-5-11-31-21-14(7-6-8-16(21)30-3)15-12-19(29)23-22-20(15)13(2)26-27(22)17-9-10-18(28)25-24-17/h6-10,15H,4-5,11-12H2,1-3H3,(H,23,29)(H,25,28)/t15-/m0/s1. The molecular weight excluding hydrogens is 398 g/mol. The van der Waals surface area contributed by atoms with E-state index in [4.69, 9.17) is 9.47 Å². The zero-order chi connectivity index (χ0) is 22.0. The summed E-state index contributed by atoms with van der Waals surface area (Å²) in [6.45, 7) is 4.56. The number of carbonyl (C=O) groups is 1. The van der Waals surface area contributed by atoms with Crippen molar-refractivity contribution in [3.8, 4) is 17.3 Å². The Labute approximate surface area is 179 Å². The van der Waals surface area contributed by atoms with Crippen LogP contribution in [-0.2, 0) is 4.79 Å². The molecule has 1 aliphatic rings. The highest BCUT2D eigenvalue weighted by molar-refractivity contribution is 5.95. The highest BCUT2D eigenvalue weighted by Gasteiger charge is 2.35. The van der Waals surface area contributed by atoms with Crippen LogP contribution in [0.2, 0.25) is 0 Å². The van der Waals surface area contributed by atoms with Crippen molar-refractivity contribution in [2.45, 2.75) is 39.0 Å². The summed E-state index contributed by atoms with van der Waals surface area (Å²) >= 11 is 0. The van der Waals surface area contributed by atoms with Gasteiger partial charge in [0.15, 0.2) is 17.3 Å². The number of para-hydroxylation sites is 1. The maximum absolute atomic E-state index is 12.7. The fourth-order valence-corrected chi connectivity index (χ4v) is 3.87. The summed E-state index contributed by atoms with van der Waals surface area (Å²) in [5.74, 6) is 1.85. The molecule has 3 aromatic rings. The Balaban J connectivity index is 1.84. The second-order valence-corrected chi connectivity index (χ2v) is 7.42. The Bertz CT molecular complexity index is 1150. The van der Waals surface area contributed by atoms with Crippen LogP contribution in [-0.4, -0.2) is 39.6 Å². The van der Waals surface area contributed by atoms with E-state index < -0.39 is 0 Å². The third kappa shape index (κ3) is 3.90. The third-order valence-corrected chi connectivity index (χ3v) is 5.33. The smallest absolute Gasteiger partial charge is 0.264 e. The molecule has 9 nitrogen and oxygen atoms in total.